The van der Waals surface area contributed by atoms with Crippen molar-refractivity contribution in [3.63, 3.8) is 0 Å². The first-order valence-electron chi connectivity index (χ1n) is 29.0. The maximum atomic E-state index is 12.8. The van der Waals surface area contributed by atoms with Crippen LogP contribution >= 0.6 is 0 Å². The van der Waals surface area contributed by atoms with Crippen molar-refractivity contribution >= 4 is 17.9 Å². The lowest BCUT2D eigenvalue weighted by Crippen LogP contribution is -2.55. The van der Waals surface area contributed by atoms with Gasteiger partial charge < -0.3 is 28.6 Å². The zero-order chi connectivity index (χ0) is 49.9. The van der Waals surface area contributed by atoms with E-state index in [-0.39, 0.29) is 42.7 Å². The second-order valence-corrected chi connectivity index (χ2v) is 20.9. The molecule has 0 saturated heterocycles. The molecule has 68 heavy (non-hydrogen) atoms. The molecular weight excluding hydrogens is 847 g/mol. The van der Waals surface area contributed by atoms with Crippen molar-refractivity contribution in [1.29, 1.82) is 0 Å². The molecule has 0 aromatic heterocycles. The van der Waals surface area contributed by atoms with Gasteiger partial charge >= 0.3 is 11.9 Å². The Morgan fingerprint density at radius 1 is 0.456 bits per heavy atom. The molecule has 2 atom stereocenters. The lowest BCUT2D eigenvalue weighted by molar-refractivity contribution is -0.889. The molecule has 0 heterocycles. The van der Waals surface area contributed by atoms with Gasteiger partial charge in [0.15, 0.2) is 6.10 Å². The Bertz CT molecular complexity index is 1210. The molecule has 0 amide bonds. The van der Waals surface area contributed by atoms with Crippen LogP contribution in [0.1, 0.15) is 277 Å². The third-order valence-corrected chi connectivity index (χ3v) is 13.3. The third-order valence-electron chi connectivity index (χ3n) is 13.3. The minimum atomic E-state index is -1.12. The second-order valence-electron chi connectivity index (χ2n) is 20.9. The largest absolute Gasteiger partial charge is 0.544 e. The van der Waals surface area contributed by atoms with Crippen LogP contribution in [0.15, 0.2) is 36.5 Å². The van der Waals surface area contributed by atoms with Gasteiger partial charge in [-0.05, 0) is 44.9 Å². The fourth-order valence-electron chi connectivity index (χ4n) is 8.85. The average Bonchev–Trinajstić information content (AvgIpc) is 3.30. The lowest BCUT2D eigenvalue weighted by Gasteiger charge is -2.34. The van der Waals surface area contributed by atoms with Crippen LogP contribution in [-0.4, -0.2) is 75.5 Å². The molecule has 0 aromatic carbocycles. The Balaban J connectivity index is 4.12. The van der Waals surface area contributed by atoms with Crippen LogP contribution in [0.5, 0.6) is 0 Å². The number of nitrogens with zero attached hydrogens (tertiary/aromatic N) is 1. The highest BCUT2D eigenvalue weighted by Gasteiger charge is 2.25. The standard InChI is InChI=1S/C60H111NO7/c1-6-8-10-12-14-16-18-20-22-24-26-28-29-31-32-34-36-38-40-42-44-46-48-50-58(62)67-55-56(54-66-53-52-57(60(64)65)61(3,4)5)68-59(63)51-49-47-45-43-41-39-37-35-33-30-27-25-23-21-19-17-15-13-11-9-7-2/h8,10,14,16,20,22,56-57H,6-7,9,11-13,15,17-19,21,23-55H2,1-5H3/b10-8+,16-14+,22-20+. The number of likely N-dealkylation sites (N-methyl/N-ethyl adjacent to an activating group) is 1. The predicted molar refractivity (Wildman–Crippen MR) is 287 cm³/mol. The Kier molecular flexibility index (Phi) is 49.1. The van der Waals surface area contributed by atoms with Crippen LogP contribution in [0, 0.1) is 0 Å². The number of carbonyl (C=O) groups is 3. The summed E-state index contributed by atoms with van der Waals surface area (Å²) in [6.07, 6.45) is 61.9. The first-order chi connectivity index (χ1) is 33.1. The third kappa shape index (κ3) is 48.6. The van der Waals surface area contributed by atoms with E-state index in [2.05, 4.69) is 50.3 Å². The Morgan fingerprint density at radius 3 is 1.22 bits per heavy atom. The van der Waals surface area contributed by atoms with E-state index in [4.69, 9.17) is 14.2 Å². The molecule has 0 aromatic rings. The van der Waals surface area contributed by atoms with E-state index in [1.165, 1.54) is 186 Å². The minimum absolute atomic E-state index is 0.0451. The normalized spacial score (nSPS) is 13.0. The van der Waals surface area contributed by atoms with Crippen molar-refractivity contribution in [2.45, 2.75) is 289 Å². The van der Waals surface area contributed by atoms with Gasteiger partial charge in [-0.1, -0.05) is 249 Å². The quantitative estimate of drug-likeness (QED) is 0.0259. The predicted octanol–water partition coefficient (Wildman–Crippen LogP) is 16.0. The summed E-state index contributed by atoms with van der Waals surface area (Å²) in [4.78, 5) is 37.2. The van der Waals surface area contributed by atoms with Crippen molar-refractivity contribution in [1.82, 2.24) is 0 Å². The molecule has 398 valence electrons. The number of hydrogen-bond donors (Lipinski definition) is 0. The smallest absolute Gasteiger partial charge is 0.306 e. The van der Waals surface area contributed by atoms with Crippen LogP contribution in [0.2, 0.25) is 0 Å². The molecule has 0 saturated carbocycles. The zero-order valence-corrected chi connectivity index (χ0v) is 45.5. The highest BCUT2D eigenvalue weighted by molar-refractivity contribution is 5.70. The fourth-order valence-corrected chi connectivity index (χ4v) is 8.85. The summed E-state index contributed by atoms with van der Waals surface area (Å²) in [5.74, 6) is -1.71. The van der Waals surface area contributed by atoms with Crippen LogP contribution in [0.4, 0.5) is 0 Å². The zero-order valence-electron chi connectivity index (χ0n) is 45.5. The summed E-state index contributed by atoms with van der Waals surface area (Å²) in [6, 6.07) is -0.725. The number of quaternary nitrogens is 1. The molecule has 2 unspecified atom stereocenters. The topological polar surface area (TPSA) is 102 Å². The van der Waals surface area contributed by atoms with Gasteiger partial charge in [0, 0.05) is 19.3 Å². The molecule has 0 spiro atoms. The molecule has 0 rings (SSSR count). The molecule has 0 bridgehead atoms. The van der Waals surface area contributed by atoms with Crippen molar-refractivity contribution < 1.29 is 38.2 Å². The van der Waals surface area contributed by atoms with Gasteiger partial charge in [-0.3, -0.25) is 9.59 Å². The molecule has 0 N–H and O–H groups in total. The van der Waals surface area contributed by atoms with E-state index in [1.54, 1.807) is 0 Å². The van der Waals surface area contributed by atoms with Gasteiger partial charge in [0.05, 0.1) is 40.3 Å². The monoisotopic (exact) mass is 958 g/mol. The Hall–Kier alpha value is -2.45. The second kappa shape index (κ2) is 50.9. The van der Waals surface area contributed by atoms with Gasteiger partial charge in [-0.2, -0.15) is 0 Å². The maximum absolute atomic E-state index is 12.8. The molecule has 8 heteroatoms. The fraction of sp³-hybridized carbons (Fsp3) is 0.850. The summed E-state index contributed by atoms with van der Waals surface area (Å²) in [6.45, 7) is 4.61. The number of ether oxygens (including phenoxy) is 3. The van der Waals surface area contributed by atoms with Crippen LogP contribution < -0.4 is 5.11 Å². The first kappa shape index (κ1) is 65.5. The SMILES string of the molecule is CC/C=C/C/C=C/C/C=C/CCCCCCCCCCCCCCCC(=O)OCC(COCCC(C(=O)[O-])[N+](C)(C)C)OC(=O)CCCCCCCCCCCCCCCCCCCCCCC. The number of allylic oxidation sites excluding steroid dienone is 6. The number of carboxylic acid groups (broad SMARTS) is 1. The number of carboxylic acids is 1. The summed E-state index contributed by atoms with van der Waals surface area (Å²) in [5.41, 5.74) is 0. The Labute approximate surface area is 421 Å². The van der Waals surface area contributed by atoms with E-state index in [0.29, 0.717) is 12.8 Å². The first-order valence-corrected chi connectivity index (χ1v) is 29.0. The molecule has 0 aliphatic rings. The molecule has 0 radical (unpaired) electrons. The summed E-state index contributed by atoms with van der Waals surface area (Å²) < 4.78 is 17.3. The molecular formula is C60H111NO7. The van der Waals surface area contributed by atoms with E-state index in [1.807, 2.05) is 21.1 Å². The summed E-state index contributed by atoms with van der Waals surface area (Å²) in [5, 5.41) is 11.7. The number of unbranched alkanes of at least 4 members (excludes halogenated alkanes) is 33. The average molecular weight is 959 g/mol. The van der Waals surface area contributed by atoms with Crippen molar-refractivity contribution in [3.8, 4) is 0 Å². The Morgan fingerprint density at radius 2 is 0.824 bits per heavy atom. The van der Waals surface area contributed by atoms with Gasteiger partial charge in [0.2, 0.25) is 0 Å². The van der Waals surface area contributed by atoms with Gasteiger partial charge in [-0.15, -0.1) is 0 Å². The molecule has 0 aliphatic carbocycles. The van der Waals surface area contributed by atoms with E-state index in [9.17, 15) is 19.5 Å². The number of rotatable bonds is 53. The van der Waals surface area contributed by atoms with Gasteiger partial charge in [-0.25, -0.2) is 0 Å². The molecule has 8 nitrogen and oxygen atoms in total. The highest BCUT2D eigenvalue weighted by atomic mass is 16.6. The maximum Gasteiger partial charge on any atom is 0.306 e. The number of esters is 2. The highest BCUT2D eigenvalue weighted by Crippen LogP contribution is 2.17. The van der Waals surface area contributed by atoms with E-state index >= 15 is 0 Å². The van der Waals surface area contributed by atoms with Crippen molar-refractivity contribution in [2.75, 3.05) is 41.0 Å². The molecule has 0 fully saturated rings. The van der Waals surface area contributed by atoms with Crippen molar-refractivity contribution in [2.24, 2.45) is 0 Å². The van der Waals surface area contributed by atoms with Crippen LogP contribution in [0.25, 0.3) is 0 Å². The number of hydrogen-bond acceptors (Lipinski definition) is 7. The number of carbonyl (C=O) groups excluding carboxylic acids is 3. The van der Waals surface area contributed by atoms with Crippen LogP contribution in [0.3, 0.4) is 0 Å². The number of aliphatic carboxylic acids is 1. The summed E-state index contributed by atoms with van der Waals surface area (Å²) >= 11 is 0. The van der Waals surface area contributed by atoms with Crippen molar-refractivity contribution in [3.05, 3.63) is 36.5 Å². The molecule has 0 aliphatic heterocycles. The lowest BCUT2D eigenvalue weighted by atomic mass is 10.0. The van der Waals surface area contributed by atoms with E-state index < -0.39 is 18.1 Å². The summed E-state index contributed by atoms with van der Waals surface area (Å²) in [7, 11) is 5.43. The minimum Gasteiger partial charge on any atom is -0.544 e. The van der Waals surface area contributed by atoms with Gasteiger partial charge in [0.25, 0.3) is 0 Å². The van der Waals surface area contributed by atoms with E-state index in [0.717, 1.165) is 57.8 Å². The van der Waals surface area contributed by atoms with Gasteiger partial charge in [0.1, 0.15) is 12.6 Å². The van der Waals surface area contributed by atoms with Crippen LogP contribution in [-0.2, 0) is 28.6 Å².